The maximum Gasteiger partial charge on any atom is 0.329 e. The number of fused-ring (bicyclic) bond motifs is 2. The number of rotatable bonds is 7. The highest BCUT2D eigenvalue weighted by atomic mass is 16.5. The lowest BCUT2D eigenvalue weighted by molar-refractivity contribution is -0.149. The average molecular weight is 495 g/mol. The minimum Gasteiger partial charge on any atom is -0.459 e. The third-order valence-electron chi connectivity index (χ3n) is 6.33. The monoisotopic (exact) mass is 494 g/mol. The Balaban J connectivity index is 1.35. The minimum absolute atomic E-state index is 0.0831. The third-order valence-corrected chi connectivity index (χ3v) is 6.33. The van der Waals surface area contributed by atoms with Gasteiger partial charge in [0.1, 0.15) is 6.04 Å². The highest BCUT2D eigenvalue weighted by Crippen LogP contribution is 2.36. The molecule has 0 radical (unpaired) electrons. The first-order chi connectivity index (χ1) is 18.1. The van der Waals surface area contributed by atoms with Gasteiger partial charge in [-0.1, -0.05) is 66.7 Å². The highest BCUT2D eigenvalue weighted by Gasteiger charge is 2.29. The number of hydrogen-bond acceptors (Lipinski definition) is 5. The molecule has 1 aliphatic heterocycles. The number of nitrogens with one attached hydrogen (secondary N) is 1. The Bertz CT molecular complexity index is 1350. The van der Waals surface area contributed by atoms with Crippen LogP contribution in [0, 0.1) is 0 Å². The summed E-state index contributed by atoms with van der Waals surface area (Å²) in [4.78, 5) is 40.9. The predicted molar refractivity (Wildman–Crippen MR) is 139 cm³/mol. The van der Waals surface area contributed by atoms with Crippen molar-refractivity contribution in [3.8, 4) is 0 Å². The van der Waals surface area contributed by atoms with Crippen molar-refractivity contribution in [2.24, 2.45) is 0 Å². The zero-order valence-electron chi connectivity index (χ0n) is 20.1. The van der Waals surface area contributed by atoms with E-state index >= 15 is 0 Å². The van der Waals surface area contributed by atoms with Gasteiger partial charge in [-0.2, -0.15) is 0 Å². The number of benzene rings is 3. The molecule has 4 aromatic rings. The van der Waals surface area contributed by atoms with E-state index in [2.05, 4.69) is 5.32 Å². The Kier molecular flexibility index (Phi) is 7.12. The van der Waals surface area contributed by atoms with E-state index in [-0.39, 0.29) is 18.1 Å². The normalized spacial score (nSPS) is 13.0. The van der Waals surface area contributed by atoms with Gasteiger partial charge in [-0.05, 0) is 53.8 Å². The molecule has 2 amide bonds. The van der Waals surface area contributed by atoms with Crippen LogP contribution in [-0.2, 0) is 33.6 Å². The fraction of sp³-hybridized carbons (Fsp3) is 0.167. The van der Waals surface area contributed by atoms with E-state index in [9.17, 15) is 14.4 Å². The molecule has 2 heterocycles. The van der Waals surface area contributed by atoms with Gasteiger partial charge >= 0.3 is 5.97 Å². The number of anilines is 2. The first-order valence-corrected chi connectivity index (χ1v) is 12.1. The fourth-order valence-corrected chi connectivity index (χ4v) is 4.53. The molecule has 37 heavy (non-hydrogen) atoms. The summed E-state index contributed by atoms with van der Waals surface area (Å²) in [6.45, 7) is -0.469. The molecule has 1 N–H and O–H groups in total. The summed E-state index contributed by atoms with van der Waals surface area (Å²) in [6, 6.07) is 26.9. The largest absolute Gasteiger partial charge is 0.459 e. The molecule has 0 spiro atoms. The molecule has 7 nitrogen and oxygen atoms in total. The molecule has 1 atom stereocenters. The van der Waals surface area contributed by atoms with Gasteiger partial charge in [-0.3, -0.25) is 14.5 Å². The predicted octanol–water partition coefficient (Wildman–Crippen LogP) is 4.63. The second kappa shape index (κ2) is 11.0. The molecule has 1 aromatic heterocycles. The van der Waals surface area contributed by atoms with Gasteiger partial charge in [-0.25, -0.2) is 4.79 Å². The summed E-state index contributed by atoms with van der Waals surface area (Å²) in [5, 5.41) is 2.68. The zero-order chi connectivity index (χ0) is 25.6. The summed E-state index contributed by atoms with van der Waals surface area (Å²) in [7, 11) is 0. The molecule has 0 unspecified atom stereocenters. The number of carbonyl (C=O) groups is 3. The molecule has 7 heteroatoms. The summed E-state index contributed by atoms with van der Waals surface area (Å²) >= 11 is 0. The van der Waals surface area contributed by atoms with E-state index in [1.54, 1.807) is 11.0 Å². The standard InChI is InChI=1S/C30H26N2O5/c33-28(32-25-13-6-4-11-22(25)16-17-23-12-5-7-14-26(23)32)20-37-30(35)24(19-21-9-2-1-3-10-21)31-29(34)27-15-8-18-36-27/h1-15,18,24H,16-17,19-20H2,(H,31,34)/t24-/m0/s1. The Hall–Kier alpha value is -4.65. The van der Waals surface area contributed by atoms with Crippen LogP contribution >= 0.6 is 0 Å². The van der Waals surface area contributed by atoms with Gasteiger partial charge in [0.25, 0.3) is 11.8 Å². The Morgan fingerprint density at radius 2 is 1.43 bits per heavy atom. The number of ether oxygens (including phenoxy) is 1. The van der Waals surface area contributed by atoms with Crippen molar-refractivity contribution in [3.63, 3.8) is 0 Å². The van der Waals surface area contributed by atoms with Crippen molar-refractivity contribution in [1.82, 2.24) is 5.32 Å². The topological polar surface area (TPSA) is 88.8 Å². The molecular weight excluding hydrogens is 468 g/mol. The van der Waals surface area contributed by atoms with Gasteiger partial charge in [0.15, 0.2) is 12.4 Å². The van der Waals surface area contributed by atoms with Crippen LogP contribution in [0.5, 0.6) is 0 Å². The second-order valence-corrected chi connectivity index (χ2v) is 8.79. The Morgan fingerprint density at radius 3 is 2.05 bits per heavy atom. The number of hydrogen-bond donors (Lipinski definition) is 1. The molecular formula is C30H26N2O5. The number of carbonyl (C=O) groups excluding carboxylic acids is 3. The van der Waals surface area contributed by atoms with Crippen LogP contribution in [-0.4, -0.2) is 30.4 Å². The number of amides is 2. The van der Waals surface area contributed by atoms with Crippen LogP contribution in [0.4, 0.5) is 11.4 Å². The summed E-state index contributed by atoms with van der Waals surface area (Å²) in [6.07, 6.45) is 3.19. The van der Waals surface area contributed by atoms with Gasteiger partial charge < -0.3 is 14.5 Å². The van der Waals surface area contributed by atoms with E-state index in [4.69, 9.17) is 9.15 Å². The van der Waals surface area contributed by atoms with E-state index in [0.29, 0.717) is 0 Å². The maximum absolute atomic E-state index is 13.5. The van der Waals surface area contributed by atoms with Crippen LogP contribution in [0.25, 0.3) is 0 Å². The van der Waals surface area contributed by atoms with Crippen molar-refractivity contribution >= 4 is 29.2 Å². The molecule has 186 valence electrons. The van der Waals surface area contributed by atoms with Gasteiger partial charge in [-0.15, -0.1) is 0 Å². The minimum atomic E-state index is -1.00. The van der Waals surface area contributed by atoms with E-state index in [1.165, 1.54) is 12.3 Å². The number of nitrogens with zero attached hydrogens (tertiary/aromatic N) is 1. The molecule has 5 rings (SSSR count). The molecule has 0 aliphatic carbocycles. The first-order valence-electron chi connectivity index (χ1n) is 12.1. The summed E-state index contributed by atoms with van der Waals surface area (Å²) in [5.41, 5.74) is 4.49. The van der Waals surface area contributed by atoms with Crippen LogP contribution in [0.2, 0.25) is 0 Å². The van der Waals surface area contributed by atoms with Gasteiger partial charge in [0, 0.05) is 6.42 Å². The number of aryl methyl sites for hydroxylation is 2. The SMILES string of the molecule is O=C(N[C@@H](Cc1ccccc1)C(=O)OCC(=O)N1c2ccccc2CCc2ccccc21)c1ccco1. The third kappa shape index (κ3) is 5.46. The van der Waals surface area contributed by atoms with Crippen LogP contribution < -0.4 is 10.2 Å². The molecule has 0 bridgehead atoms. The van der Waals surface area contributed by atoms with E-state index in [0.717, 1.165) is 40.9 Å². The number of furan rings is 1. The first kappa shape index (κ1) is 24.1. The van der Waals surface area contributed by atoms with Crippen molar-refractivity contribution < 1.29 is 23.5 Å². The average Bonchev–Trinajstić information content (AvgIpc) is 3.42. The fourth-order valence-electron chi connectivity index (χ4n) is 4.53. The molecule has 3 aromatic carbocycles. The number of para-hydroxylation sites is 2. The quantitative estimate of drug-likeness (QED) is 0.379. The van der Waals surface area contributed by atoms with Gasteiger partial charge in [0.05, 0.1) is 17.6 Å². The van der Waals surface area contributed by atoms with Gasteiger partial charge in [0.2, 0.25) is 0 Å². The Labute approximate surface area is 214 Å². The second-order valence-electron chi connectivity index (χ2n) is 8.79. The molecule has 0 saturated carbocycles. The van der Waals surface area contributed by atoms with Crippen molar-refractivity contribution in [3.05, 3.63) is 120 Å². The van der Waals surface area contributed by atoms with Crippen LogP contribution in [0.1, 0.15) is 27.2 Å². The highest BCUT2D eigenvalue weighted by molar-refractivity contribution is 6.03. The molecule has 1 aliphatic rings. The van der Waals surface area contributed by atoms with Crippen LogP contribution in [0.3, 0.4) is 0 Å². The van der Waals surface area contributed by atoms with Crippen LogP contribution in [0.15, 0.2) is 102 Å². The van der Waals surface area contributed by atoms with Crippen molar-refractivity contribution in [2.75, 3.05) is 11.5 Å². The number of esters is 1. The maximum atomic E-state index is 13.5. The van der Waals surface area contributed by atoms with Crippen molar-refractivity contribution in [2.45, 2.75) is 25.3 Å². The zero-order valence-corrected chi connectivity index (χ0v) is 20.1. The van der Waals surface area contributed by atoms with E-state index in [1.807, 2.05) is 78.9 Å². The smallest absolute Gasteiger partial charge is 0.329 e. The Morgan fingerprint density at radius 1 is 0.811 bits per heavy atom. The summed E-state index contributed by atoms with van der Waals surface area (Å²) < 4.78 is 10.7. The lowest BCUT2D eigenvalue weighted by atomic mass is 10.0. The lowest BCUT2D eigenvalue weighted by Gasteiger charge is -2.25. The van der Waals surface area contributed by atoms with Crippen molar-refractivity contribution in [1.29, 1.82) is 0 Å². The summed E-state index contributed by atoms with van der Waals surface area (Å²) in [5.74, 6) is -1.52. The molecule has 0 saturated heterocycles. The molecule has 0 fully saturated rings. The van der Waals surface area contributed by atoms with E-state index < -0.39 is 24.5 Å². The lowest BCUT2D eigenvalue weighted by Crippen LogP contribution is -2.44.